The van der Waals surface area contributed by atoms with Crippen molar-refractivity contribution in [2.45, 2.75) is 26.7 Å². The fourth-order valence-electron chi connectivity index (χ4n) is 3.25. The zero-order valence-electron chi connectivity index (χ0n) is 17.6. The van der Waals surface area contributed by atoms with Crippen LogP contribution in [0.4, 0.5) is 5.69 Å². The van der Waals surface area contributed by atoms with E-state index < -0.39 is 0 Å². The summed E-state index contributed by atoms with van der Waals surface area (Å²) in [7, 11) is 0. The van der Waals surface area contributed by atoms with E-state index in [4.69, 9.17) is 5.10 Å². The van der Waals surface area contributed by atoms with Crippen LogP contribution in [0.1, 0.15) is 36.5 Å². The Balaban J connectivity index is 1.67. The predicted molar refractivity (Wildman–Crippen MR) is 125 cm³/mol. The Hall–Kier alpha value is -3.66. The largest absolute Gasteiger partial charge is 0.279 e. The van der Waals surface area contributed by atoms with Gasteiger partial charge in [-0.2, -0.15) is 10.2 Å². The van der Waals surface area contributed by atoms with Crippen molar-refractivity contribution in [2.24, 2.45) is 5.10 Å². The Morgan fingerprint density at radius 3 is 2.27 bits per heavy atom. The molecule has 0 amide bonds. The smallest absolute Gasteiger partial charge is 0.102 e. The lowest BCUT2D eigenvalue weighted by Gasteiger charge is -2.06. The van der Waals surface area contributed by atoms with E-state index in [9.17, 15) is 0 Å². The van der Waals surface area contributed by atoms with Crippen LogP contribution < -0.4 is 5.43 Å². The van der Waals surface area contributed by atoms with E-state index in [0.717, 1.165) is 28.2 Å². The molecule has 0 aliphatic carbocycles. The molecule has 0 aliphatic rings. The first-order valence-corrected chi connectivity index (χ1v) is 10.2. The number of nitrogens with one attached hydrogen (secondary N) is 1. The summed E-state index contributed by atoms with van der Waals surface area (Å²) in [5.41, 5.74) is 10.6. The van der Waals surface area contributed by atoms with Gasteiger partial charge in [-0.15, -0.1) is 0 Å². The number of aromatic nitrogens is 2. The number of anilines is 1. The van der Waals surface area contributed by atoms with Gasteiger partial charge in [0, 0.05) is 17.3 Å². The number of rotatable bonds is 6. The maximum absolute atomic E-state index is 4.86. The summed E-state index contributed by atoms with van der Waals surface area (Å²) in [5.74, 6) is 0.501. The lowest BCUT2D eigenvalue weighted by Crippen LogP contribution is -1.94. The zero-order chi connectivity index (χ0) is 20.9. The molecule has 0 radical (unpaired) electrons. The van der Waals surface area contributed by atoms with Crippen molar-refractivity contribution < 1.29 is 0 Å². The van der Waals surface area contributed by atoms with E-state index in [1.165, 1.54) is 11.1 Å². The third-order valence-corrected chi connectivity index (χ3v) is 5.06. The number of hydrogen-bond acceptors (Lipinski definition) is 3. The van der Waals surface area contributed by atoms with Crippen LogP contribution in [-0.2, 0) is 0 Å². The predicted octanol–water partition coefficient (Wildman–Crippen LogP) is 6.42. The van der Waals surface area contributed by atoms with Crippen molar-refractivity contribution in [1.29, 1.82) is 0 Å². The van der Waals surface area contributed by atoms with Gasteiger partial charge < -0.3 is 0 Å². The maximum atomic E-state index is 4.86. The highest BCUT2D eigenvalue weighted by molar-refractivity contribution is 5.89. The summed E-state index contributed by atoms with van der Waals surface area (Å²) in [4.78, 5) is 0. The molecule has 0 unspecified atom stereocenters. The molecule has 30 heavy (non-hydrogen) atoms. The van der Waals surface area contributed by atoms with E-state index in [-0.39, 0.29) is 0 Å². The summed E-state index contributed by atoms with van der Waals surface area (Å²) >= 11 is 0. The van der Waals surface area contributed by atoms with E-state index in [1.54, 1.807) is 0 Å². The molecule has 0 saturated carbocycles. The average molecular weight is 395 g/mol. The molecule has 1 N–H and O–H groups in total. The molecular formula is C26H26N4. The van der Waals surface area contributed by atoms with Crippen molar-refractivity contribution >= 4 is 11.9 Å². The molecule has 0 fully saturated rings. The number of aryl methyl sites for hydroxylation is 1. The average Bonchev–Trinajstić information content (AvgIpc) is 3.20. The van der Waals surface area contributed by atoms with Crippen LogP contribution in [0, 0.1) is 6.92 Å². The minimum atomic E-state index is 0.501. The summed E-state index contributed by atoms with van der Waals surface area (Å²) in [6.07, 6.45) is 3.85. The van der Waals surface area contributed by atoms with Crippen molar-refractivity contribution in [3.63, 3.8) is 0 Å². The molecular weight excluding hydrogens is 368 g/mol. The fraction of sp³-hybridized carbons (Fsp3) is 0.154. The van der Waals surface area contributed by atoms with Crippen molar-refractivity contribution in [2.75, 3.05) is 5.43 Å². The molecule has 0 atom stereocenters. The Kier molecular flexibility index (Phi) is 5.75. The number of hydrazone groups is 1. The Morgan fingerprint density at radius 2 is 1.60 bits per heavy atom. The molecule has 4 nitrogen and oxygen atoms in total. The van der Waals surface area contributed by atoms with Crippen LogP contribution >= 0.6 is 0 Å². The fourth-order valence-corrected chi connectivity index (χ4v) is 3.25. The van der Waals surface area contributed by atoms with E-state index in [1.807, 2.05) is 59.6 Å². The third-order valence-electron chi connectivity index (χ3n) is 5.06. The second-order valence-corrected chi connectivity index (χ2v) is 7.73. The number of hydrogen-bond donors (Lipinski definition) is 1. The zero-order valence-corrected chi connectivity index (χ0v) is 17.6. The Labute approximate surface area is 177 Å². The molecule has 4 rings (SSSR count). The SMILES string of the molecule is Cc1ccc(N/N=C/c2cn(-c3ccccc3)nc2-c2ccc(C(C)C)cc2)cc1. The van der Waals surface area contributed by atoms with E-state index >= 15 is 0 Å². The molecule has 150 valence electrons. The summed E-state index contributed by atoms with van der Waals surface area (Å²) < 4.78 is 1.90. The molecule has 3 aromatic carbocycles. The molecule has 1 aromatic heterocycles. The van der Waals surface area contributed by atoms with Crippen molar-refractivity contribution in [3.8, 4) is 16.9 Å². The van der Waals surface area contributed by atoms with Gasteiger partial charge in [0.1, 0.15) is 5.69 Å². The van der Waals surface area contributed by atoms with Crippen LogP contribution in [0.15, 0.2) is 90.2 Å². The summed E-state index contributed by atoms with van der Waals surface area (Å²) in [6.45, 7) is 6.48. The highest BCUT2D eigenvalue weighted by atomic mass is 15.3. The Morgan fingerprint density at radius 1 is 0.900 bits per heavy atom. The van der Waals surface area contributed by atoms with Gasteiger partial charge >= 0.3 is 0 Å². The minimum absolute atomic E-state index is 0.501. The number of para-hydroxylation sites is 1. The molecule has 0 aliphatic heterocycles. The normalized spacial score (nSPS) is 11.3. The van der Waals surface area contributed by atoms with Gasteiger partial charge in [0.15, 0.2) is 0 Å². The van der Waals surface area contributed by atoms with Crippen molar-refractivity contribution in [1.82, 2.24) is 9.78 Å². The van der Waals surface area contributed by atoms with E-state index in [2.05, 4.69) is 67.7 Å². The monoisotopic (exact) mass is 394 g/mol. The molecule has 0 spiro atoms. The highest BCUT2D eigenvalue weighted by Crippen LogP contribution is 2.25. The highest BCUT2D eigenvalue weighted by Gasteiger charge is 2.11. The first-order valence-electron chi connectivity index (χ1n) is 10.2. The molecule has 4 aromatic rings. The lowest BCUT2D eigenvalue weighted by molar-refractivity contribution is 0.866. The second-order valence-electron chi connectivity index (χ2n) is 7.73. The van der Waals surface area contributed by atoms with Gasteiger partial charge in [-0.05, 0) is 42.7 Å². The number of nitrogens with zero attached hydrogens (tertiary/aromatic N) is 3. The van der Waals surface area contributed by atoms with Crippen LogP contribution in [0.25, 0.3) is 16.9 Å². The van der Waals surface area contributed by atoms with Crippen LogP contribution in [0.3, 0.4) is 0 Å². The van der Waals surface area contributed by atoms with Gasteiger partial charge in [-0.3, -0.25) is 5.43 Å². The van der Waals surface area contributed by atoms with Crippen LogP contribution in [0.5, 0.6) is 0 Å². The first kappa shape index (κ1) is 19.6. The second kappa shape index (κ2) is 8.78. The van der Waals surface area contributed by atoms with Gasteiger partial charge in [0.2, 0.25) is 0 Å². The van der Waals surface area contributed by atoms with Gasteiger partial charge in [0.05, 0.1) is 17.6 Å². The topological polar surface area (TPSA) is 42.2 Å². The lowest BCUT2D eigenvalue weighted by atomic mass is 10.00. The van der Waals surface area contributed by atoms with Gasteiger partial charge in [-0.25, -0.2) is 4.68 Å². The third kappa shape index (κ3) is 4.49. The van der Waals surface area contributed by atoms with Crippen molar-refractivity contribution in [3.05, 3.63) is 102 Å². The Bertz CT molecular complexity index is 1120. The van der Waals surface area contributed by atoms with Crippen LogP contribution in [0.2, 0.25) is 0 Å². The quantitative estimate of drug-likeness (QED) is 0.303. The minimum Gasteiger partial charge on any atom is -0.279 e. The first-order chi connectivity index (χ1) is 14.6. The molecule has 0 saturated heterocycles. The molecule has 1 heterocycles. The van der Waals surface area contributed by atoms with Gasteiger partial charge in [-0.1, -0.05) is 74.0 Å². The van der Waals surface area contributed by atoms with Gasteiger partial charge in [0.25, 0.3) is 0 Å². The molecule has 4 heteroatoms. The summed E-state index contributed by atoms with van der Waals surface area (Å²) in [6, 6.07) is 26.9. The number of benzene rings is 3. The standard InChI is InChI=1S/C26H26N4/c1-19(2)21-11-13-22(14-12-21)26-23(17-27-28-24-15-9-20(3)10-16-24)18-30(29-26)25-7-5-4-6-8-25/h4-19,28H,1-3H3/b27-17+. The molecule has 0 bridgehead atoms. The summed E-state index contributed by atoms with van der Waals surface area (Å²) in [5, 5.41) is 9.31. The maximum Gasteiger partial charge on any atom is 0.102 e. The van der Waals surface area contributed by atoms with E-state index in [0.29, 0.717) is 5.92 Å². The van der Waals surface area contributed by atoms with Crippen LogP contribution in [-0.4, -0.2) is 16.0 Å².